The lowest BCUT2D eigenvalue weighted by Gasteiger charge is -2.38. The van der Waals surface area contributed by atoms with Crippen molar-refractivity contribution in [3.63, 3.8) is 0 Å². The SMILES string of the molecule is COc1cc2c(cc1C)CCN(CCNC(=O)c1cccc(Nc3cc(C)nc4ccccc34)c1)C2CCc1ccc(OC)c(OC)c1. The average molecular weight is 645 g/mol. The summed E-state index contributed by atoms with van der Waals surface area (Å²) in [6.45, 7) is 6.28. The highest BCUT2D eigenvalue weighted by atomic mass is 16.5. The molecule has 48 heavy (non-hydrogen) atoms. The minimum atomic E-state index is -0.0917. The van der Waals surface area contributed by atoms with Crippen LogP contribution >= 0.6 is 0 Å². The molecule has 0 fully saturated rings. The lowest BCUT2D eigenvalue weighted by atomic mass is 9.87. The van der Waals surface area contributed by atoms with Crippen LogP contribution in [0, 0.1) is 13.8 Å². The Bertz CT molecular complexity index is 1920. The molecule has 6 rings (SSSR count). The van der Waals surface area contributed by atoms with Crippen molar-refractivity contribution in [2.45, 2.75) is 39.2 Å². The lowest BCUT2D eigenvalue weighted by Crippen LogP contribution is -2.41. The summed E-state index contributed by atoms with van der Waals surface area (Å²) in [7, 11) is 5.05. The van der Waals surface area contributed by atoms with Gasteiger partial charge in [0.25, 0.3) is 5.91 Å². The number of nitrogens with zero attached hydrogens (tertiary/aromatic N) is 2. The molecule has 2 N–H and O–H groups in total. The summed E-state index contributed by atoms with van der Waals surface area (Å²) in [5, 5.41) is 7.72. The van der Waals surface area contributed by atoms with E-state index < -0.39 is 0 Å². The third-order valence-electron chi connectivity index (χ3n) is 9.21. The Hall–Kier alpha value is -5.08. The molecule has 0 saturated heterocycles. The Morgan fingerprint density at radius 1 is 0.875 bits per heavy atom. The standard InChI is InChI=1S/C40H44N4O4/c1-26-21-29-17-19-44(36(33(29)25-38(26)47-4)15-13-28-14-16-37(46-3)39(23-28)48-5)20-18-41-40(45)30-9-8-10-31(24-30)43-35-22-27(2)42-34-12-7-6-11-32(34)35/h6-12,14,16,21-25,36H,13,15,17-20H2,1-5H3,(H,41,45)(H,42,43). The average Bonchev–Trinajstić information content (AvgIpc) is 3.10. The summed E-state index contributed by atoms with van der Waals surface area (Å²) in [5.74, 6) is 2.28. The molecule has 1 aliphatic rings. The Balaban J connectivity index is 1.15. The lowest BCUT2D eigenvalue weighted by molar-refractivity contribution is 0.0941. The number of ether oxygens (including phenoxy) is 3. The second kappa shape index (κ2) is 14.8. The van der Waals surface area contributed by atoms with Gasteiger partial charge in [-0.3, -0.25) is 14.7 Å². The van der Waals surface area contributed by atoms with Crippen molar-refractivity contribution in [1.82, 2.24) is 15.2 Å². The van der Waals surface area contributed by atoms with Gasteiger partial charge in [0.15, 0.2) is 11.5 Å². The first kappa shape index (κ1) is 32.8. The van der Waals surface area contributed by atoms with E-state index in [0.717, 1.165) is 83.1 Å². The van der Waals surface area contributed by atoms with Crippen LogP contribution in [0.4, 0.5) is 11.4 Å². The van der Waals surface area contributed by atoms with Crippen molar-refractivity contribution in [3.05, 3.63) is 118 Å². The minimum Gasteiger partial charge on any atom is -0.496 e. The molecular formula is C40H44N4O4. The highest BCUT2D eigenvalue weighted by molar-refractivity contribution is 5.96. The second-order valence-corrected chi connectivity index (χ2v) is 12.3. The van der Waals surface area contributed by atoms with Crippen molar-refractivity contribution in [3.8, 4) is 17.2 Å². The molecule has 1 amide bonds. The quantitative estimate of drug-likeness (QED) is 0.145. The molecule has 248 valence electrons. The van der Waals surface area contributed by atoms with Gasteiger partial charge in [0.1, 0.15) is 5.75 Å². The van der Waals surface area contributed by atoms with Crippen molar-refractivity contribution < 1.29 is 19.0 Å². The number of aryl methyl sites for hydroxylation is 3. The van der Waals surface area contributed by atoms with Crippen molar-refractivity contribution in [1.29, 1.82) is 0 Å². The number of carbonyl (C=O) groups is 1. The summed E-state index contributed by atoms with van der Waals surface area (Å²) in [6, 6.07) is 28.5. The maximum atomic E-state index is 13.4. The predicted octanol–water partition coefficient (Wildman–Crippen LogP) is 7.58. The number of pyridine rings is 1. The van der Waals surface area contributed by atoms with Crippen LogP contribution in [-0.2, 0) is 12.8 Å². The first-order valence-electron chi connectivity index (χ1n) is 16.5. The van der Waals surface area contributed by atoms with Crippen LogP contribution in [0.5, 0.6) is 17.2 Å². The third kappa shape index (κ3) is 7.24. The number of hydrogen-bond acceptors (Lipinski definition) is 7. The molecule has 2 heterocycles. The number of fused-ring (bicyclic) bond motifs is 2. The van der Waals surface area contributed by atoms with Gasteiger partial charge in [0, 0.05) is 53.7 Å². The largest absolute Gasteiger partial charge is 0.496 e. The van der Waals surface area contributed by atoms with Gasteiger partial charge in [-0.05, 0) is 104 Å². The highest BCUT2D eigenvalue weighted by Gasteiger charge is 2.28. The van der Waals surface area contributed by atoms with E-state index in [4.69, 9.17) is 14.2 Å². The number of nitrogens with one attached hydrogen (secondary N) is 2. The van der Waals surface area contributed by atoms with Gasteiger partial charge in [-0.25, -0.2) is 0 Å². The Morgan fingerprint density at radius 3 is 2.50 bits per heavy atom. The molecule has 4 aromatic carbocycles. The monoisotopic (exact) mass is 644 g/mol. The molecule has 0 saturated carbocycles. The normalized spacial score (nSPS) is 14.3. The van der Waals surface area contributed by atoms with Crippen LogP contribution in [0.1, 0.15) is 50.8 Å². The first-order valence-corrected chi connectivity index (χ1v) is 16.5. The van der Waals surface area contributed by atoms with E-state index in [9.17, 15) is 4.79 Å². The summed E-state index contributed by atoms with van der Waals surface area (Å²) < 4.78 is 16.7. The highest BCUT2D eigenvalue weighted by Crippen LogP contribution is 2.38. The number of hydrogen-bond donors (Lipinski definition) is 2. The minimum absolute atomic E-state index is 0.0917. The molecule has 1 unspecified atom stereocenters. The first-order chi connectivity index (χ1) is 23.4. The fraction of sp³-hybridized carbons (Fsp3) is 0.300. The number of anilines is 2. The zero-order chi connectivity index (χ0) is 33.6. The molecule has 0 spiro atoms. The summed E-state index contributed by atoms with van der Waals surface area (Å²) >= 11 is 0. The van der Waals surface area contributed by atoms with E-state index in [1.807, 2.05) is 61.5 Å². The molecule has 0 radical (unpaired) electrons. The number of methoxy groups -OCH3 is 3. The Kier molecular flexibility index (Phi) is 10.1. The van der Waals surface area contributed by atoms with Crippen molar-refractivity contribution >= 4 is 28.2 Å². The Morgan fingerprint density at radius 2 is 1.69 bits per heavy atom. The van der Waals surface area contributed by atoms with Crippen molar-refractivity contribution in [2.24, 2.45) is 0 Å². The molecule has 8 nitrogen and oxygen atoms in total. The maximum Gasteiger partial charge on any atom is 0.251 e. The van der Waals surface area contributed by atoms with E-state index in [2.05, 4.69) is 57.8 Å². The molecule has 1 aromatic heterocycles. The molecule has 5 aromatic rings. The predicted molar refractivity (Wildman–Crippen MR) is 192 cm³/mol. The van der Waals surface area contributed by atoms with Gasteiger partial charge in [0.2, 0.25) is 0 Å². The van der Waals surface area contributed by atoms with Gasteiger partial charge < -0.3 is 24.8 Å². The fourth-order valence-corrected chi connectivity index (χ4v) is 6.79. The topological polar surface area (TPSA) is 85.0 Å². The van der Waals surface area contributed by atoms with Gasteiger partial charge in [-0.2, -0.15) is 0 Å². The second-order valence-electron chi connectivity index (χ2n) is 12.3. The summed E-state index contributed by atoms with van der Waals surface area (Å²) in [6.07, 6.45) is 2.74. The number of benzene rings is 4. The van der Waals surface area contributed by atoms with E-state index >= 15 is 0 Å². The molecule has 0 aliphatic carbocycles. The van der Waals surface area contributed by atoms with Gasteiger partial charge in [0.05, 0.1) is 26.8 Å². The van der Waals surface area contributed by atoms with E-state index in [1.165, 1.54) is 16.7 Å². The van der Waals surface area contributed by atoms with E-state index in [-0.39, 0.29) is 11.9 Å². The summed E-state index contributed by atoms with van der Waals surface area (Å²) in [4.78, 5) is 20.5. The van der Waals surface area contributed by atoms with Crippen LogP contribution in [0.25, 0.3) is 10.9 Å². The van der Waals surface area contributed by atoms with Crippen LogP contribution in [0.15, 0.2) is 84.9 Å². The third-order valence-corrected chi connectivity index (χ3v) is 9.21. The zero-order valence-corrected chi connectivity index (χ0v) is 28.4. The van der Waals surface area contributed by atoms with E-state index in [0.29, 0.717) is 12.1 Å². The maximum absolute atomic E-state index is 13.4. The number of para-hydroxylation sites is 1. The molecule has 0 bridgehead atoms. The van der Waals surface area contributed by atoms with Gasteiger partial charge in [-0.15, -0.1) is 0 Å². The van der Waals surface area contributed by atoms with Gasteiger partial charge in [-0.1, -0.05) is 36.4 Å². The van der Waals surface area contributed by atoms with Crippen LogP contribution in [-0.4, -0.2) is 56.8 Å². The molecular weight excluding hydrogens is 600 g/mol. The summed E-state index contributed by atoms with van der Waals surface area (Å²) in [5.41, 5.74) is 9.31. The number of amides is 1. The van der Waals surface area contributed by atoms with Gasteiger partial charge >= 0.3 is 0 Å². The smallest absolute Gasteiger partial charge is 0.251 e. The van der Waals surface area contributed by atoms with Crippen LogP contribution in [0.2, 0.25) is 0 Å². The number of carbonyl (C=O) groups excluding carboxylic acids is 1. The van der Waals surface area contributed by atoms with Crippen molar-refractivity contribution in [2.75, 3.05) is 46.3 Å². The number of aromatic nitrogens is 1. The Labute approximate surface area is 283 Å². The van der Waals surface area contributed by atoms with Crippen LogP contribution < -0.4 is 24.8 Å². The molecule has 1 atom stereocenters. The van der Waals surface area contributed by atoms with E-state index in [1.54, 1.807) is 21.3 Å². The molecule has 1 aliphatic heterocycles. The van der Waals surface area contributed by atoms with Crippen LogP contribution in [0.3, 0.4) is 0 Å². The zero-order valence-electron chi connectivity index (χ0n) is 28.4. The molecule has 8 heteroatoms. The number of rotatable bonds is 12. The fourth-order valence-electron chi connectivity index (χ4n) is 6.79.